The average Bonchev–Trinajstić information content (AvgIpc) is 2.68. The van der Waals surface area contributed by atoms with Crippen molar-refractivity contribution in [1.29, 1.82) is 0 Å². The summed E-state index contributed by atoms with van der Waals surface area (Å²) in [6.07, 6.45) is 9.43. The van der Waals surface area contributed by atoms with E-state index in [0.29, 0.717) is 6.42 Å². The van der Waals surface area contributed by atoms with Gasteiger partial charge in [0, 0.05) is 17.4 Å². The van der Waals surface area contributed by atoms with Crippen LogP contribution in [-0.4, -0.2) is 37.3 Å². The van der Waals surface area contributed by atoms with Crippen LogP contribution in [0.3, 0.4) is 0 Å². The minimum Gasteiger partial charge on any atom is -0.469 e. The second-order valence-electron chi connectivity index (χ2n) is 6.62. The summed E-state index contributed by atoms with van der Waals surface area (Å²) >= 11 is 0. The Bertz CT molecular complexity index is 749. The highest BCUT2D eigenvalue weighted by Gasteiger charge is 2.19. The Hall–Kier alpha value is -2.02. The molecule has 5 nitrogen and oxygen atoms in total. The zero-order valence-corrected chi connectivity index (χ0v) is 17.4. The van der Waals surface area contributed by atoms with Crippen LogP contribution in [0.2, 0.25) is 0 Å². The molecule has 2 rings (SSSR count). The minimum absolute atomic E-state index is 0.00916. The molecule has 1 aromatic carbocycles. The van der Waals surface area contributed by atoms with Gasteiger partial charge in [-0.05, 0) is 49.5 Å². The first kappa shape index (κ1) is 22.3. The molecule has 1 aliphatic rings. The maximum Gasteiger partial charge on any atom is 0.306 e. The lowest BCUT2D eigenvalue weighted by atomic mass is 9.92. The Morgan fingerprint density at radius 1 is 1.18 bits per heavy atom. The molecule has 0 bridgehead atoms. The fourth-order valence-electron chi connectivity index (χ4n) is 2.88. The molecule has 0 aromatic heterocycles. The van der Waals surface area contributed by atoms with E-state index in [9.17, 15) is 9.00 Å². The standard InChI is InChI=1S/C22H28O5S/c1-17-8-10-20(11-9-17)28(24)13-12-19-14-18(15-22(23)26-3)6-4-5-7-21(19)27-16-25-2/h4-5,8-14,18,21H,6-7,15-16H2,1-3H3/b5-4-,13-12-,19-14-/t18-,21+,28+/m0/s1. The highest BCUT2D eigenvalue weighted by Crippen LogP contribution is 2.24. The number of carbonyl (C=O) groups excluding carboxylic acids is 1. The molecule has 152 valence electrons. The molecule has 1 aliphatic carbocycles. The van der Waals surface area contributed by atoms with E-state index in [-0.39, 0.29) is 31.2 Å². The zero-order chi connectivity index (χ0) is 20.4. The molecule has 0 unspecified atom stereocenters. The Morgan fingerprint density at radius 3 is 2.57 bits per heavy atom. The van der Waals surface area contributed by atoms with Crippen molar-refractivity contribution < 1.29 is 23.2 Å². The van der Waals surface area contributed by atoms with Crippen molar-refractivity contribution in [2.45, 2.75) is 37.2 Å². The number of methoxy groups -OCH3 is 2. The Labute approximate surface area is 169 Å². The molecule has 0 radical (unpaired) electrons. The second-order valence-corrected chi connectivity index (χ2v) is 7.96. The lowest BCUT2D eigenvalue weighted by molar-refractivity contribution is -0.141. The predicted molar refractivity (Wildman–Crippen MR) is 110 cm³/mol. The van der Waals surface area contributed by atoms with Gasteiger partial charge in [-0.15, -0.1) is 0 Å². The van der Waals surface area contributed by atoms with E-state index in [1.54, 1.807) is 12.5 Å². The minimum atomic E-state index is -1.27. The van der Waals surface area contributed by atoms with Crippen LogP contribution in [0.25, 0.3) is 0 Å². The number of hydrogen-bond donors (Lipinski definition) is 0. The van der Waals surface area contributed by atoms with Gasteiger partial charge in [-0.1, -0.05) is 35.9 Å². The SMILES string of the molecule is COCO[C@@H]1C/C=C\C[C@H](CC(=O)OC)/C=C1/C=C\[S@@](=O)c1ccc(C)cc1. The summed E-state index contributed by atoms with van der Waals surface area (Å²) in [6, 6.07) is 7.61. The lowest BCUT2D eigenvalue weighted by Crippen LogP contribution is -2.19. The van der Waals surface area contributed by atoms with Gasteiger partial charge in [-0.25, -0.2) is 4.21 Å². The van der Waals surface area contributed by atoms with Crippen LogP contribution in [0.5, 0.6) is 0 Å². The molecule has 3 atom stereocenters. The predicted octanol–water partition coefficient (Wildman–Crippen LogP) is 4.06. The van der Waals surface area contributed by atoms with Gasteiger partial charge in [0.2, 0.25) is 0 Å². The largest absolute Gasteiger partial charge is 0.469 e. The summed E-state index contributed by atoms with van der Waals surface area (Å²) in [5, 5.41) is 1.67. The van der Waals surface area contributed by atoms with Crippen LogP contribution in [-0.2, 0) is 29.8 Å². The molecule has 0 heterocycles. The Morgan fingerprint density at radius 2 is 1.89 bits per heavy atom. The van der Waals surface area contributed by atoms with Crippen molar-refractivity contribution in [2.24, 2.45) is 5.92 Å². The number of hydrogen-bond acceptors (Lipinski definition) is 5. The quantitative estimate of drug-likeness (QED) is 0.371. The summed E-state index contributed by atoms with van der Waals surface area (Å²) < 4.78 is 28.3. The van der Waals surface area contributed by atoms with Crippen LogP contribution >= 0.6 is 0 Å². The summed E-state index contributed by atoms with van der Waals surface area (Å²) in [5.41, 5.74) is 2.01. The van der Waals surface area contributed by atoms with E-state index < -0.39 is 10.8 Å². The molecule has 0 saturated heterocycles. The molecule has 0 spiro atoms. The highest BCUT2D eigenvalue weighted by molar-refractivity contribution is 7.88. The van der Waals surface area contributed by atoms with Crippen molar-refractivity contribution in [3.63, 3.8) is 0 Å². The van der Waals surface area contributed by atoms with E-state index in [4.69, 9.17) is 14.2 Å². The highest BCUT2D eigenvalue weighted by atomic mass is 32.2. The van der Waals surface area contributed by atoms with Crippen molar-refractivity contribution in [3.05, 3.63) is 65.1 Å². The van der Waals surface area contributed by atoms with Gasteiger partial charge in [0.15, 0.2) is 0 Å². The molecule has 0 aliphatic heterocycles. The number of carbonyl (C=O) groups is 1. The number of ether oxygens (including phenoxy) is 3. The fourth-order valence-corrected chi connectivity index (χ4v) is 3.72. The van der Waals surface area contributed by atoms with E-state index in [0.717, 1.165) is 22.5 Å². The normalized spacial score (nSPS) is 24.0. The lowest BCUT2D eigenvalue weighted by Gasteiger charge is -2.21. The van der Waals surface area contributed by atoms with Crippen LogP contribution < -0.4 is 0 Å². The topological polar surface area (TPSA) is 61.8 Å². The first-order valence-electron chi connectivity index (χ1n) is 9.23. The van der Waals surface area contributed by atoms with Crippen molar-refractivity contribution in [2.75, 3.05) is 21.0 Å². The van der Waals surface area contributed by atoms with E-state index >= 15 is 0 Å². The molecular weight excluding hydrogens is 376 g/mol. The maximum absolute atomic E-state index is 12.6. The summed E-state index contributed by atoms with van der Waals surface area (Å²) in [6.45, 7) is 2.15. The Kier molecular flexibility index (Phi) is 9.34. The average molecular weight is 405 g/mol. The van der Waals surface area contributed by atoms with Gasteiger partial charge < -0.3 is 14.2 Å². The first-order valence-corrected chi connectivity index (χ1v) is 10.4. The summed E-state index contributed by atoms with van der Waals surface area (Å²) in [4.78, 5) is 12.5. The monoisotopic (exact) mass is 404 g/mol. The molecule has 6 heteroatoms. The number of esters is 1. The molecule has 0 amide bonds. The van der Waals surface area contributed by atoms with Crippen LogP contribution in [0.4, 0.5) is 0 Å². The van der Waals surface area contributed by atoms with Crippen LogP contribution in [0, 0.1) is 12.8 Å². The van der Waals surface area contributed by atoms with Crippen LogP contribution in [0.1, 0.15) is 24.8 Å². The molecule has 1 aromatic rings. The van der Waals surface area contributed by atoms with Gasteiger partial charge in [0.1, 0.15) is 6.79 Å². The van der Waals surface area contributed by atoms with E-state index in [1.165, 1.54) is 7.11 Å². The first-order chi connectivity index (χ1) is 13.5. The third kappa shape index (κ3) is 7.19. The maximum atomic E-state index is 12.6. The third-order valence-electron chi connectivity index (χ3n) is 4.44. The third-order valence-corrected chi connectivity index (χ3v) is 5.56. The fraction of sp³-hybridized carbons (Fsp3) is 0.409. The molecule has 28 heavy (non-hydrogen) atoms. The van der Waals surface area contributed by atoms with Gasteiger partial charge in [-0.2, -0.15) is 0 Å². The van der Waals surface area contributed by atoms with Crippen LogP contribution in [0.15, 0.2) is 64.4 Å². The molecule has 0 saturated carbocycles. The molecule has 0 fully saturated rings. The molecular formula is C22H28O5S. The number of allylic oxidation sites excluding steroid dienone is 2. The number of benzene rings is 1. The van der Waals surface area contributed by atoms with Gasteiger partial charge >= 0.3 is 5.97 Å². The Balaban J connectivity index is 2.24. The summed E-state index contributed by atoms with van der Waals surface area (Å²) in [5.74, 6) is -0.263. The van der Waals surface area contributed by atoms with E-state index in [2.05, 4.69) is 6.08 Å². The van der Waals surface area contributed by atoms with Crippen molar-refractivity contribution in [3.8, 4) is 0 Å². The number of aryl methyl sites for hydroxylation is 1. The molecule has 0 N–H and O–H groups in total. The van der Waals surface area contributed by atoms with Gasteiger partial charge in [-0.3, -0.25) is 4.79 Å². The zero-order valence-electron chi connectivity index (χ0n) is 16.6. The second kappa shape index (κ2) is 11.7. The van der Waals surface area contributed by atoms with Gasteiger partial charge in [0.25, 0.3) is 0 Å². The van der Waals surface area contributed by atoms with Crippen molar-refractivity contribution >= 4 is 16.8 Å². The smallest absolute Gasteiger partial charge is 0.306 e. The van der Waals surface area contributed by atoms with Gasteiger partial charge in [0.05, 0.1) is 30.4 Å². The summed E-state index contributed by atoms with van der Waals surface area (Å²) in [7, 11) is 1.70. The number of rotatable bonds is 8. The van der Waals surface area contributed by atoms with E-state index in [1.807, 2.05) is 49.4 Å². The van der Waals surface area contributed by atoms with Crippen molar-refractivity contribution in [1.82, 2.24) is 0 Å².